The van der Waals surface area contributed by atoms with Crippen molar-refractivity contribution in [3.63, 3.8) is 0 Å². The number of hydrogen-bond donors (Lipinski definition) is 4. The molecular weight excluding hydrogens is 306 g/mol. The van der Waals surface area contributed by atoms with Gasteiger partial charge in [0.25, 0.3) is 5.91 Å². The molecule has 1 aromatic carbocycles. The summed E-state index contributed by atoms with van der Waals surface area (Å²) in [6.07, 6.45) is 1.33. The summed E-state index contributed by atoms with van der Waals surface area (Å²) >= 11 is 5.78. The smallest absolute Gasteiger partial charge is 0.269 e. The number of nitrogen functional groups attached to an aromatic ring is 1. The quantitative estimate of drug-likeness (QED) is 0.616. The summed E-state index contributed by atoms with van der Waals surface area (Å²) in [5.74, 6) is 0.390. The summed E-state index contributed by atoms with van der Waals surface area (Å²) < 4.78 is 0. The molecule has 0 aliphatic heterocycles. The minimum Gasteiger partial charge on any atom is -0.393 e. The fourth-order valence-corrected chi connectivity index (χ4v) is 1.71. The highest BCUT2D eigenvalue weighted by molar-refractivity contribution is 6.30. The van der Waals surface area contributed by atoms with E-state index >= 15 is 0 Å². The van der Waals surface area contributed by atoms with Gasteiger partial charge in [0.15, 0.2) is 11.6 Å². The zero-order chi connectivity index (χ0) is 16.1. The first-order valence-electron chi connectivity index (χ1n) is 6.33. The van der Waals surface area contributed by atoms with Gasteiger partial charge in [-0.3, -0.25) is 15.6 Å². The summed E-state index contributed by atoms with van der Waals surface area (Å²) in [4.78, 5) is 20.0. The minimum atomic E-state index is -0.336. The predicted molar refractivity (Wildman–Crippen MR) is 86.3 cm³/mol. The van der Waals surface area contributed by atoms with Crippen molar-refractivity contribution in [3.05, 3.63) is 41.2 Å². The maximum Gasteiger partial charge on any atom is 0.269 e. The lowest BCUT2D eigenvalue weighted by molar-refractivity contribution is 0.0962. The summed E-state index contributed by atoms with van der Waals surface area (Å²) in [5.41, 5.74) is 14.8. The molecule has 0 saturated heterocycles. The van der Waals surface area contributed by atoms with Crippen molar-refractivity contribution in [1.29, 1.82) is 0 Å². The van der Waals surface area contributed by atoms with E-state index in [9.17, 15) is 4.79 Å². The number of carbonyl (C=O) groups is 1. The van der Waals surface area contributed by atoms with Gasteiger partial charge in [-0.05, 0) is 24.3 Å². The number of rotatable bonds is 5. The summed E-state index contributed by atoms with van der Waals surface area (Å²) in [6, 6.07) is 6.49. The van der Waals surface area contributed by atoms with Crippen molar-refractivity contribution >= 4 is 34.8 Å². The maximum atomic E-state index is 12.0. The highest BCUT2D eigenvalue weighted by Crippen LogP contribution is 2.21. The second kappa shape index (κ2) is 6.92. The highest BCUT2D eigenvalue weighted by atomic mass is 35.5. The third kappa shape index (κ3) is 3.96. The molecule has 8 nitrogen and oxygen atoms in total. The van der Waals surface area contributed by atoms with Crippen LogP contribution in [-0.4, -0.2) is 35.0 Å². The van der Waals surface area contributed by atoms with Gasteiger partial charge in [0.1, 0.15) is 12.0 Å². The monoisotopic (exact) mass is 321 g/mol. The molecule has 1 aromatic heterocycles. The zero-order valence-corrected chi connectivity index (χ0v) is 12.8. The van der Waals surface area contributed by atoms with Crippen molar-refractivity contribution in [1.82, 2.24) is 20.4 Å². The van der Waals surface area contributed by atoms with E-state index < -0.39 is 0 Å². The Morgan fingerprint density at radius 1 is 1.18 bits per heavy atom. The first-order valence-corrected chi connectivity index (χ1v) is 6.71. The van der Waals surface area contributed by atoms with Gasteiger partial charge in [0, 0.05) is 24.7 Å². The average Bonchev–Trinajstić information content (AvgIpc) is 2.48. The molecule has 9 heteroatoms. The van der Waals surface area contributed by atoms with E-state index in [-0.39, 0.29) is 11.6 Å². The Balaban J connectivity index is 2.05. The fourth-order valence-electron chi connectivity index (χ4n) is 1.59. The topological polar surface area (TPSA) is 108 Å². The van der Waals surface area contributed by atoms with Crippen LogP contribution in [0.4, 0.5) is 17.3 Å². The molecule has 0 unspecified atom stereocenters. The molecule has 0 saturated carbocycles. The lowest BCUT2D eigenvalue weighted by Crippen LogP contribution is -2.30. The van der Waals surface area contributed by atoms with Crippen LogP contribution in [0.3, 0.4) is 0 Å². The fraction of sp³-hybridized carbons (Fsp3) is 0.154. The van der Waals surface area contributed by atoms with Gasteiger partial charge in [-0.15, -0.1) is 0 Å². The lowest BCUT2D eigenvalue weighted by Gasteiger charge is -2.16. The molecule has 2 aromatic rings. The normalized spacial score (nSPS) is 10.4. The number of halogens is 1. The molecule has 116 valence electrons. The van der Waals surface area contributed by atoms with Crippen LogP contribution in [0.1, 0.15) is 10.4 Å². The lowest BCUT2D eigenvalue weighted by atomic mass is 10.2. The van der Waals surface area contributed by atoms with Gasteiger partial charge < -0.3 is 11.2 Å². The number of hydrogen-bond acceptors (Lipinski definition) is 7. The predicted octanol–water partition coefficient (Wildman–Crippen LogP) is 1.36. The molecule has 0 fully saturated rings. The van der Waals surface area contributed by atoms with Gasteiger partial charge in [-0.25, -0.2) is 15.0 Å². The molecule has 2 rings (SSSR count). The number of aromatic nitrogens is 2. The largest absolute Gasteiger partial charge is 0.393 e. The molecule has 1 heterocycles. The van der Waals surface area contributed by atoms with Crippen molar-refractivity contribution < 1.29 is 4.79 Å². The Labute approximate surface area is 132 Å². The molecular formula is C13H16ClN7O. The molecule has 5 N–H and O–H groups in total. The Hall–Kier alpha value is -2.58. The van der Waals surface area contributed by atoms with E-state index in [0.717, 1.165) is 0 Å². The van der Waals surface area contributed by atoms with E-state index in [2.05, 4.69) is 26.2 Å². The standard InChI is InChI=1S/C13H16ClN7O/c1-21(2)20-12-10(15)11(16-7-17-12)18-19-13(22)8-3-5-9(14)6-4-8/h3-7H,15H2,1-2H3,(H,19,22)(H2,16,17,18,20). The molecule has 0 atom stereocenters. The van der Waals surface area contributed by atoms with Crippen LogP contribution in [0, 0.1) is 0 Å². The first kappa shape index (κ1) is 15.8. The van der Waals surface area contributed by atoms with Crippen molar-refractivity contribution in [2.45, 2.75) is 0 Å². The van der Waals surface area contributed by atoms with Crippen LogP contribution < -0.4 is 22.0 Å². The van der Waals surface area contributed by atoms with Crippen molar-refractivity contribution in [2.24, 2.45) is 0 Å². The van der Waals surface area contributed by atoms with E-state index in [1.54, 1.807) is 43.4 Å². The summed E-state index contributed by atoms with van der Waals surface area (Å²) in [6.45, 7) is 0. The number of hydrazine groups is 2. The molecule has 0 bridgehead atoms. The van der Waals surface area contributed by atoms with Crippen LogP contribution >= 0.6 is 11.6 Å². The van der Waals surface area contributed by atoms with Gasteiger partial charge >= 0.3 is 0 Å². The van der Waals surface area contributed by atoms with E-state index in [4.69, 9.17) is 17.3 Å². The van der Waals surface area contributed by atoms with Crippen molar-refractivity contribution in [3.8, 4) is 0 Å². The highest BCUT2D eigenvalue weighted by Gasteiger charge is 2.10. The summed E-state index contributed by atoms with van der Waals surface area (Å²) in [7, 11) is 3.61. The molecule has 0 aliphatic rings. The second-order valence-corrected chi connectivity index (χ2v) is 5.01. The van der Waals surface area contributed by atoms with Crippen LogP contribution in [0.15, 0.2) is 30.6 Å². The number of benzene rings is 1. The van der Waals surface area contributed by atoms with Crippen LogP contribution in [0.25, 0.3) is 0 Å². The van der Waals surface area contributed by atoms with Gasteiger partial charge in [-0.2, -0.15) is 0 Å². The number of amides is 1. The molecule has 1 amide bonds. The summed E-state index contributed by atoms with van der Waals surface area (Å²) in [5, 5.41) is 2.25. The first-order chi connectivity index (χ1) is 10.5. The molecule has 0 radical (unpaired) electrons. The zero-order valence-electron chi connectivity index (χ0n) is 12.1. The molecule has 22 heavy (non-hydrogen) atoms. The van der Waals surface area contributed by atoms with E-state index in [1.165, 1.54) is 6.33 Å². The molecule has 0 aliphatic carbocycles. The number of nitrogens with zero attached hydrogens (tertiary/aromatic N) is 3. The average molecular weight is 322 g/mol. The van der Waals surface area contributed by atoms with Crippen LogP contribution in [-0.2, 0) is 0 Å². The number of nitrogens with one attached hydrogen (secondary N) is 3. The van der Waals surface area contributed by atoms with E-state index in [0.29, 0.717) is 22.2 Å². The SMILES string of the molecule is CN(C)Nc1ncnc(NNC(=O)c2ccc(Cl)cc2)c1N. The van der Waals surface area contributed by atoms with Crippen LogP contribution in [0.2, 0.25) is 5.02 Å². The Bertz CT molecular complexity index is 660. The van der Waals surface area contributed by atoms with Crippen LogP contribution in [0.5, 0.6) is 0 Å². The van der Waals surface area contributed by atoms with Gasteiger partial charge in [0.2, 0.25) is 0 Å². The number of nitrogens with two attached hydrogens (primary N) is 1. The Kier molecular flexibility index (Phi) is 4.97. The number of anilines is 3. The second-order valence-electron chi connectivity index (χ2n) is 4.58. The third-order valence-corrected chi connectivity index (χ3v) is 2.87. The number of carbonyl (C=O) groups excluding carboxylic acids is 1. The van der Waals surface area contributed by atoms with Gasteiger partial charge in [0.05, 0.1) is 0 Å². The Morgan fingerprint density at radius 3 is 2.45 bits per heavy atom. The Morgan fingerprint density at radius 2 is 1.82 bits per heavy atom. The van der Waals surface area contributed by atoms with E-state index in [1.807, 2.05) is 0 Å². The third-order valence-electron chi connectivity index (χ3n) is 2.61. The van der Waals surface area contributed by atoms with Crippen molar-refractivity contribution in [2.75, 3.05) is 30.7 Å². The molecule has 0 spiro atoms. The minimum absolute atomic E-state index is 0.285. The maximum absolute atomic E-state index is 12.0. The van der Waals surface area contributed by atoms with Gasteiger partial charge in [-0.1, -0.05) is 11.6 Å².